The van der Waals surface area contributed by atoms with Crippen LogP contribution in [0.25, 0.3) is 0 Å². The minimum atomic E-state index is -0.433. The van der Waals surface area contributed by atoms with Crippen molar-refractivity contribution in [3.63, 3.8) is 0 Å². The number of alkyl carbamates (subject to hydrolysis) is 1. The summed E-state index contributed by atoms with van der Waals surface area (Å²) in [5.41, 5.74) is 1.99. The highest BCUT2D eigenvalue weighted by Gasteiger charge is 2.72. The molecule has 2 heterocycles. The Bertz CT molecular complexity index is 757. The Labute approximate surface area is 207 Å². The smallest absolute Gasteiger partial charge is 0.407 e. The first kappa shape index (κ1) is 27.8. The van der Waals surface area contributed by atoms with Crippen molar-refractivity contribution in [2.45, 2.75) is 95.2 Å². The van der Waals surface area contributed by atoms with Gasteiger partial charge in [0, 0.05) is 20.2 Å². The number of hydrogen-bond donors (Lipinski definition) is 3. The number of rotatable bonds is 14. The van der Waals surface area contributed by atoms with Gasteiger partial charge in [0.2, 0.25) is 5.91 Å². The second-order valence-corrected chi connectivity index (χ2v) is 10.3. The number of ether oxygens (including phenoxy) is 4. The molecule has 10 heteroatoms. The number of epoxide rings is 2. The zero-order valence-electron chi connectivity index (χ0n) is 21.5. The Balaban J connectivity index is 1.40. The van der Waals surface area contributed by atoms with Gasteiger partial charge >= 0.3 is 6.09 Å². The van der Waals surface area contributed by atoms with Gasteiger partial charge in [0.25, 0.3) is 0 Å². The fourth-order valence-electron chi connectivity index (χ4n) is 5.39. The highest BCUT2D eigenvalue weighted by atomic mass is 19.2. The maximum Gasteiger partial charge on any atom is 0.407 e. The van der Waals surface area contributed by atoms with Crippen LogP contribution in [0, 0.1) is 5.92 Å². The Kier molecular flexibility index (Phi) is 9.92. The molecule has 3 N–H and O–H groups in total. The fourth-order valence-corrected chi connectivity index (χ4v) is 5.39. The number of amides is 2. The molecule has 1 spiro atoms. The summed E-state index contributed by atoms with van der Waals surface area (Å²) in [4.78, 5) is 23.6. The van der Waals surface area contributed by atoms with E-state index < -0.39 is 6.09 Å². The molecule has 1 aliphatic carbocycles. The van der Waals surface area contributed by atoms with Gasteiger partial charge in [-0.25, -0.2) is 4.79 Å². The quantitative estimate of drug-likeness (QED) is 0.146. The van der Waals surface area contributed by atoms with E-state index in [1.165, 1.54) is 11.1 Å². The SMILES string of the molecule is COC1C(C2(C)O[C@@H]2CC=C(C)C)[C@]2(CC[C@@H]1OC(=O)NCCCCCCNC(=O)CNF)CO2. The molecular formula is C25H42FN3O6. The molecule has 2 saturated heterocycles. The highest BCUT2D eigenvalue weighted by molar-refractivity contribution is 5.77. The Hall–Kier alpha value is -1.75. The van der Waals surface area contributed by atoms with Gasteiger partial charge in [-0.3, -0.25) is 4.79 Å². The summed E-state index contributed by atoms with van der Waals surface area (Å²) in [7, 11) is 1.67. The lowest BCUT2D eigenvalue weighted by Gasteiger charge is -2.42. The standard InChI is InChI=1S/C25H42FN3O6/c1-17(2)9-10-19-24(3,35-19)22-21(32-4)18(11-12-25(22)16-33-25)34-23(31)28-14-8-6-5-7-13-27-20(30)15-29-26/h9,18-19,21-22,29H,5-8,10-16H2,1-4H3,(H,27,30)(H,28,31)/t18-,19+,21?,22?,24?,25-/m0/s1. The minimum Gasteiger partial charge on any atom is -0.443 e. The maximum absolute atomic E-state index is 12.5. The number of halogens is 1. The molecule has 200 valence electrons. The molecule has 3 aliphatic rings. The van der Waals surface area contributed by atoms with Crippen molar-refractivity contribution in [3.05, 3.63) is 11.6 Å². The first-order valence-corrected chi connectivity index (χ1v) is 12.8. The molecular weight excluding hydrogens is 457 g/mol. The van der Waals surface area contributed by atoms with Crippen LogP contribution in [0.15, 0.2) is 11.6 Å². The zero-order chi connectivity index (χ0) is 25.5. The monoisotopic (exact) mass is 499 g/mol. The van der Waals surface area contributed by atoms with Crippen LogP contribution in [0.1, 0.15) is 65.7 Å². The lowest BCUT2D eigenvalue weighted by atomic mass is 9.68. The summed E-state index contributed by atoms with van der Waals surface area (Å²) in [6, 6.07) is 0. The molecule has 2 aliphatic heterocycles. The average Bonchev–Trinajstić information content (AvgIpc) is 3.72. The molecule has 6 atom stereocenters. The van der Waals surface area contributed by atoms with Crippen molar-refractivity contribution < 1.29 is 33.0 Å². The van der Waals surface area contributed by atoms with Crippen LogP contribution in [0.3, 0.4) is 0 Å². The van der Waals surface area contributed by atoms with Crippen LogP contribution in [0.4, 0.5) is 9.28 Å². The summed E-state index contributed by atoms with van der Waals surface area (Å²) >= 11 is 0. The van der Waals surface area contributed by atoms with E-state index in [9.17, 15) is 14.1 Å². The first-order valence-electron chi connectivity index (χ1n) is 12.8. The molecule has 0 radical (unpaired) electrons. The van der Waals surface area contributed by atoms with E-state index in [1.54, 1.807) is 7.11 Å². The second kappa shape index (κ2) is 12.5. The van der Waals surface area contributed by atoms with E-state index in [4.69, 9.17) is 18.9 Å². The molecule has 0 bridgehead atoms. The summed E-state index contributed by atoms with van der Waals surface area (Å²) in [6.07, 6.45) is 7.04. The van der Waals surface area contributed by atoms with E-state index in [2.05, 4.69) is 37.5 Å². The summed E-state index contributed by atoms with van der Waals surface area (Å²) in [5, 5.41) is 5.47. The van der Waals surface area contributed by atoms with Crippen LogP contribution in [-0.4, -0.2) is 74.9 Å². The molecule has 35 heavy (non-hydrogen) atoms. The number of allylic oxidation sites excluding steroid dienone is 1. The van der Waals surface area contributed by atoms with Gasteiger partial charge in [-0.15, -0.1) is 10.0 Å². The Morgan fingerprint density at radius 1 is 1.14 bits per heavy atom. The van der Waals surface area contributed by atoms with Crippen molar-refractivity contribution >= 4 is 12.0 Å². The van der Waals surface area contributed by atoms with Crippen LogP contribution in [-0.2, 0) is 23.7 Å². The molecule has 3 unspecified atom stereocenters. The third-order valence-corrected chi connectivity index (χ3v) is 7.42. The predicted octanol–water partition coefficient (Wildman–Crippen LogP) is 2.94. The summed E-state index contributed by atoms with van der Waals surface area (Å²) in [5.74, 6) is -0.357. The number of unbranched alkanes of at least 4 members (excludes halogenated alkanes) is 3. The number of carbonyl (C=O) groups is 2. The van der Waals surface area contributed by atoms with Crippen LogP contribution in [0.2, 0.25) is 0 Å². The van der Waals surface area contributed by atoms with Crippen LogP contribution in [0.5, 0.6) is 0 Å². The third kappa shape index (κ3) is 7.38. The topological polar surface area (TPSA) is 114 Å². The number of hydrogen-bond acceptors (Lipinski definition) is 7. The summed E-state index contributed by atoms with van der Waals surface area (Å²) in [6.45, 7) is 7.70. The van der Waals surface area contributed by atoms with E-state index in [-0.39, 0.29) is 47.9 Å². The van der Waals surface area contributed by atoms with Gasteiger partial charge in [-0.2, -0.15) is 0 Å². The van der Waals surface area contributed by atoms with Gasteiger partial charge in [0.15, 0.2) is 0 Å². The fraction of sp³-hybridized carbons (Fsp3) is 0.840. The van der Waals surface area contributed by atoms with Crippen molar-refractivity contribution in [1.82, 2.24) is 16.2 Å². The van der Waals surface area contributed by atoms with Crippen LogP contribution < -0.4 is 16.2 Å². The lowest BCUT2D eigenvalue weighted by molar-refractivity contribution is -0.120. The predicted molar refractivity (Wildman–Crippen MR) is 128 cm³/mol. The van der Waals surface area contributed by atoms with Gasteiger partial charge < -0.3 is 29.6 Å². The number of methoxy groups -OCH3 is 1. The highest BCUT2D eigenvalue weighted by Crippen LogP contribution is 2.59. The third-order valence-electron chi connectivity index (χ3n) is 7.42. The first-order chi connectivity index (χ1) is 16.8. The molecule has 3 rings (SSSR count). The van der Waals surface area contributed by atoms with E-state index in [0.29, 0.717) is 26.1 Å². The normalized spacial score (nSPS) is 33.2. The second-order valence-electron chi connectivity index (χ2n) is 10.3. The van der Waals surface area contributed by atoms with Gasteiger partial charge in [0.1, 0.15) is 30.0 Å². The number of nitrogens with one attached hydrogen (secondary N) is 3. The van der Waals surface area contributed by atoms with Crippen molar-refractivity contribution in [2.75, 3.05) is 33.4 Å². The van der Waals surface area contributed by atoms with E-state index >= 15 is 0 Å². The van der Waals surface area contributed by atoms with Gasteiger partial charge in [-0.1, -0.05) is 24.5 Å². The van der Waals surface area contributed by atoms with Crippen LogP contribution >= 0.6 is 0 Å². The Morgan fingerprint density at radius 3 is 2.43 bits per heavy atom. The summed E-state index contributed by atoms with van der Waals surface area (Å²) < 4.78 is 35.7. The molecule has 1 saturated carbocycles. The molecule has 0 aromatic rings. The maximum atomic E-state index is 12.5. The molecule has 2 amide bonds. The average molecular weight is 500 g/mol. The van der Waals surface area contributed by atoms with Crippen molar-refractivity contribution in [1.29, 1.82) is 0 Å². The molecule has 0 aromatic carbocycles. The Morgan fingerprint density at radius 2 is 1.83 bits per heavy atom. The van der Waals surface area contributed by atoms with Gasteiger partial charge in [0.05, 0.1) is 18.6 Å². The molecule has 9 nitrogen and oxygen atoms in total. The minimum absolute atomic E-state index is 0.00305. The largest absolute Gasteiger partial charge is 0.443 e. The zero-order valence-corrected chi connectivity index (χ0v) is 21.5. The molecule has 0 aromatic heterocycles. The number of carbonyl (C=O) groups excluding carboxylic acids is 2. The van der Waals surface area contributed by atoms with E-state index in [1.807, 2.05) is 0 Å². The molecule has 3 fully saturated rings. The van der Waals surface area contributed by atoms with Crippen molar-refractivity contribution in [2.24, 2.45) is 5.92 Å². The van der Waals surface area contributed by atoms with E-state index in [0.717, 1.165) is 38.5 Å². The van der Waals surface area contributed by atoms with Crippen molar-refractivity contribution in [3.8, 4) is 0 Å². The lowest BCUT2D eigenvalue weighted by Crippen LogP contribution is -2.56. The van der Waals surface area contributed by atoms with Gasteiger partial charge in [-0.05, 0) is 52.9 Å².